The van der Waals surface area contributed by atoms with E-state index in [9.17, 15) is 19.2 Å². The minimum Gasteiger partial charge on any atom is -0.299 e. The normalized spacial score (nSPS) is 13.6. The Kier molecular flexibility index (Phi) is 4.76. The quantitative estimate of drug-likeness (QED) is 0.491. The van der Waals surface area contributed by atoms with Crippen molar-refractivity contribution in [3.8, 4) is 11.3 Å². The Balaban J connectivity index is 2.18. The third-order valence-corrected chi connectivity index (χ3v) is 5.85. The van der Waals surface area contributed by atoms with Crippen molar-refractivity contribution in [3.63, 3.8) is 0 Å². The summed E-state index contributed by atoms with van der Waals surface area (Å²) in [6.45, 7) is 6.12. The van der Waals surface area contributed by atoms with E-state index in [1.54, 1.807) is 22.1 Å². The third-order valence-electron chi connectivity index (χ3n) is 5.85. The minimum atomic E-state index is -0.909. The molecule has 9 heteroatoms. The fourth-order valence-corrected chi connectivity index (χ4v) is 3.79. The van der Waals surface area contributed by atoms with Crippen LogP contribution < -0.4 is 11.2 Å². The van der Waals surface area contributed by atoms with Gasteiger partial charge >= 0.3 is 5.69 Å². The van der Waals surface area contributed by atoms with Crippen molar-refractivity contribution in [1.29, 1.82) is 0 Å². The van der Waals surface area contributed by atoms with Gasteiger partial charge in [0.1, 0.15) is 0 Å². The van der Waals surface area contributed by atoms with Crippen molar-refractivity contribution in [2.75, 3.05) is 0 Å². The Bertz CT molecular complexity index is 1470. The van der Waals surface area contributed by atoms with E-state index in [4.69, 9.17) is 0 Å². The van der Waals surface area contributed by atoms with Gasteiger partial charge in [0.05, 0.1) is 17.8 Å². The summed E-state index contributed by atoms with van der Waals surface area (Å²) in [6.07, 6.45) is 1.74. The first-order chi connectivity index (χ1) is 14.6. The van der Waals surface area contributed by atoms with E-state index >= 15 is 0 Å². The predicted octanol–water partition coefficient (Wildman–Crippen LogP) is 2.12. The molecule has 0 aliphatic carbocycles. The standard InChI is InChI=1S/C22H23N5O4/c1-12(14(3)28)26-17(16-9-7-6-8-10-16)11-25-18-19(23-21(25)26)24(5)22(31)27(20(18)30)13(2)15(4)29/h6-13H,1-5H3/t12-,13+/m1/s1. The maximum Gasteiger partial charge on any atom is 0.333 e. The second-order valence-corrected chi connectivity index (χ2v) is 7.79. The Morgan fingerprint density at radius 2 is 1.52 bits per heavy atom. The molecular formula is C22H23N5O4. The van der Waals surface area contributed by atoms with Gasteiger partial charge in [0.15, 0.2) is 22.7 Å². The fraction of sp³-hybridized carbons (Fsp3) is 0.318. The van der Waals surface area contributed by atoms with Gasteiger partial charge < -0.3 is 0 Å². The van der Waals surface area contributed by atoms with Gasteiger partial charge in [-0.2, -0.15) is 4.98 Å². The number of aryl methyl sites for hydroxylation is 1. The first-order valence-electron chi connectivity index (χ1n) is 9.96. The Morgan fingerprint density at radius 3 is 2.10 bits per heavy atom. The summed E-state index contributed by atoms with van der Waals surface area (Å²) in [5.41, 5.74) is 0.734. The van der Waals surface area contributed by atoms with Crippen LogP contribution >= 0.6 is 0 Å². The molecule has 0 radical (unpaired) electrons. The zero-order valence-corrected chi connectivity index (χ0v) is 18.0. The van der Waals surface area contributed by atoms with E-state index in [1.807, 2.05) is 30.3 Å². The maximum absolute atomic E-state index is 13.3. The zero-order valence-electron chi connectivity index (χ0n) is 18.0. The van der Waals surface area contributed by atoms with Crippen LogP contribution in [0.5, 0.6) is 0 Å². The van der Waals surface area contributed by atoms with Gasteiger partial charge in [0.2, 0.25) is 5.78 Å². The number of rotatable bonds is 5. The van der Waals surface area contributed by atoms with E-state index in [0.717, 1.165) is 10.1 Å². The lowest BCUT2D eigenvalue weighted by Gasteiger charge is -2.14. The number of hydrogen-bond acceptors (Lipinski definition) is 5. The maximum atomic E-state index is 13.3. The number of benzene rings is 1. The molecule has 0 fully saturated rings. The van der Waals surface area contributed by atoms with Gasteiger partial charge in [-0.3, -0.25) is 27.9 Å². The molecular weight excluding hydrogens is 398 g/mol. The highest BCUT2D eigenvalue weighted by Crippen LogP contribution is 2.29. The Hall–Kier alpha value is -3.75. The van der Waals surface area contributed by atoms with E-state index in [0.29, 0.717) is 11.5 Å². The summed E-state index contributed by atoms with van der Waals surface area (Å²) in [7, 11) is 1.51. The minimum absolute atomic E-state index is 0.0705. The second kappa shape index (κ2) is 7.19. The molecule has 0 aliphatic rings. The largest absolute Gasteiger partial charge is 0.333 e. The van der Waals surface area contributed by atoms with Gasteiger partial charge in [-0.25, -0.2) is 9.36 Å². The third kappa shape index (κ3) is 2.96. The molecule has 4 aromatic rings. The van der Waals surface area contributed by atoms with E-state index < -0.39 is 23.3 Å². The topological polar surface area (TPSA) is 100 Å². The SMILES string of the molecule is CC(=O)[C@@H](C)n1c(-c2ccccc2)cn2c3c(=O)n([C@@H](C)C(C)=O)c(=O)n(C)c3nc12. The van der Waals surface area contributed by atoms with Crippen LogP contribution in [0.2, 0.25) is 0 Å². The average molecular weight is 421 g/mol. The molecule has 0 spiro atoms. The molecule has 0 saturated carbocycles. The smallest absolute Gasteiger partial charge is 0.299 e. The van der Waals surface area contributed by atoms with Gasteiger partial charge in [0.25, 0.3) is 5.56 Å². The number of carbonyl (C=O) groups excluding carboxylic acids is 2. The summed E-state index contributed by atoms with van der Waals surface area (Å²) in [5.74, 6) is 0.00257. The average Bonchev–Trinajstić information content (AvgIpc) is 3.28. The molecule has 1 aromatic carbocycles. The molecule has 0 saturated heterocycles. The summed E-state index contributed by atoms with van der Waals surface area (Å²) in [4.78, 5) is 54.9. The highest BCUT2D eigenvalue weighted by atomic mass is 16.2. The molecule has 0 unspecified atom stereocenters. The van der Waals surface area contributed by atoms with Crippen molar-refractivity contribution >= 4 is 28.5 Å². The van der Waals surface area contributed by atoms with Gasteiger partial charge in [-0.1, -0.05) is 30.3 Å². The fourth-order valence-electron chi connectivity index (χ4n) is 3.79. The van der Waals surface area contributed by atoms with E-state index in [2.05, 4.69) is 4.98 Å². The Morgan fingerprint density at radius 1 is 0.935 bits per heavy atom. The summed E-state index contributed by atoms with van der Waals surface area (Å²) >= 11 is 0. The lowest BCUT2D eigenvalue weighted by Crippen LogP contribution is -2.42. The molecule has 3 heterocycles. The van der Waals surface area contributed by atoms with Crippen molar-refractivity contribution < 1.29 is 9.59 Å². The number of ketones is 2. The van der Waals surface area contributed by atoms with E-state index in [1.165, 1.54) is 32.4 Å². The second-order valence-electron chi connectivity index (χ2n) is 7.79. The zero-order chi connectivity index (χ0) is 22.6. The van der Waals surface area contributed by atoms with Crippen molar-refractivity contribution in [3.05, 3.63) is 57.4 Å². The molecule has 0 amide bonds. The molecule has 0 bridgehead atoms. The summed E-state index contributed by atoms with van der Waals surface area (Å²) in [6, 6.07) is 8.03. The summed E-state index contributed by atoms with van der Waals surface area (Å²) < 4.78 is 5.57. The van der Waals surface area contributed by atoms with E-state index in [-0.39, 0.29) is 22.7 Å². The Labute approximate surface area is 177 Å². The highest BCUT2D eigenvalue weighted by molar-refractivity contribution is 5.84. The molecule has 160 valence electrons. The van der Waals surface area contributed by atoms with Crippen LogP contribution in [0.25, 0.3) is 28.2 Å². The first kappa shape index (κ1) is 20.5. The first-order valence-corrected chi connectivity index (χ1v) is 9.96. The van der Waals surface area contributed by atoms with Gasteiger partial charge in [0, 0.05) is 13.2 Å². The van der Waals surface area contributed by atoms with Crippen LogP contribution in [0.4, 0.5) is 0 Å². The number of carbonyl (C=O) groups is 2. The van der Waals surface area contributed by atoms with Crippen LogP contribution in [-0.4, -0.2) is 34.7 Å². The van der Waals surface area contributed by atoms with Crippen LogP contribution in [0.15, 0.2) is 46.1 Å². The monoisotopic (exact) mass is 421 g/mol. The molecule has 2 atom stereocenters. The summed E-state index contributed by atoms with van der Waals surface area (Å²) in [5, 5.41) is 0. The van der Waals surface area contributed by atoms with Gasteiger partial charge in [-0.05, 0) is 33.3 Å². The highest BCUT2D eigenvalue weighted by Gasteiger charge is 2.26. The number of imidazole rings is 2. The number of fused-ring (bicyclic) bond motifs is 3. The molecule has 0 N–H and O–H groups in total. The lowest BCUT2D eigenvalue weighted by atomic mass is 10.1. The van der Waals surface area contributed by atoms with Crippen LogP contribution in [-0.2, 0) is 16.6 Å². The van der Waals surface area contributed by atoms with Crippen LogP contribution in [0.1, 0.15) is 39.8 Å². The van der Waals surface area contributed by atoms with Gasteiger partial charge in [-0.15, -0.1) is 0 Å². The molecule has 3 aromatic heterocycles. The number of Topliss-reactive ketones (excluding diaryl/α,β-unsaturated/α-hetero) is 2. The number of aromatic nitrogens is 5. The molecule has 9 nitrogen and oxygen atoms in total. The molecule has 4 rings (SSSR count). The van der Waals surface area contributed by atoms with Crippen LogP contribution in [0.3, 0.4) is 0 Å². The lowest BCUT2D eigenvalue weighted by molar-refractivity contribution is -0.120. The van der Waals surface area contributed by atoms with Crippen molar-refractivity contribution in [2.45, 2.75) is 39.8 Å². The van der Waals surface area contributed by atoms with Crippen molar-refractivity contribution in [1.82, 2.24) is 23.1 Å². The molecule has 0 aliphatic heterocycles. The predicted molar refractivity (Wildman–Crippen MR) is 116 cm³/mol. The number of nitrogens with zero attached hydrogens (tertiary/aromatic N) is 5. The van der Waals surface area contributed by atoms with Crippen molar-refractivity contribution in [2.24, 2.45) is 7.05 Å². The van der Waals surface area contributed by atoms with Crippen LogP contribution in [0, 0.1) is 0 Å². The number of hydrogen-bond donors (Lipinski definition) is 0. The molecule has 31 heavy (non-hydrogen) atoms.